The van der Waals surface area contributed by atoms with Crippen LogP contribution in [0.3, 0.4) is 0 Å². The molecule has 0 aromatic rings. The number of carbonyl (C=O) groups excluding carboxylic acids is 1. The summed E-state index contributed by atoms with van der Waals surface area (Å²) in [7, 11) is 0. The van der Waals surface area contributed by atoms with Crippen molar-refractivity contribution in [2.24, 2.45) is 28.6 Å². The molecule has 0 aromatic heterocycles. The molecule has 5 nitrogen and oxygen atoms in total. The lowest BCUT2D eigenvalue weighted by Gasteiger charge is -2.31. The van der Waals surface area contributed by atoms with Gasteiger partial charge in [-0.25, -0.2) is 0 Å². The molecule has 106 valence electrons. The molecule has 2 atom stereocenters. The Morgan fingerprint density at radius 1 is 1.21 bits per heavy atom. The summed E-state index contributed by atoms with van der Waals surface area (Å²) in [5, 5.41) is 11.8. The first kappa shape index (κ1) is 12.8. The first-order valence-corrected chi connectivity index (χ1v) is 7.46. The number of hydrogen-bond donors (Lipinski definition) is 2. The van der Waals surface area contributed by atoms with Crippen LogP contribution >= 0.6 is 0 Å². The molecule has 0 aromatic carbocycles. The minimum atomic E-state index is 0.142. The molecule has 3 aliphatic carbocycles. The zero-order valence-corrected chi connectivity index (χ0v) is 11.3. The van der Waals surface area contributed by atoms with E-state index in [1.54, 1.807) is 0 Å². The summed E-state index contributed by atoms with van der Waals surface area (Å²) in [6.07, 6.45) is 7.92. The summed E-state index contributed by atoms with van der Waals surface area (Å²) >= 11 is 0. The summed E-state index contributed by atoms with van der Waals surface area (Å²) in [5.74, 6) is 2.19. The Kier molecular flexibility index (Phi) is 3.37. The van der Waals surface area contributed by atoms with Gasteiger partial charge in [0.2, 0.25) is 5.91 Å². The van der Waals surface area contributed by atoms with Gasteiger partial charge < -0.3 is 15.8 Å². The van der Waals surface area contributed by atoms with Crippen molar-refractivity contribution in [1.29, 1.82) is 0 Å². The fourth-order valence-corrected chi connectivity index (χ4v) is 3.96. The number of nitrogens with zero attached hydrogens (tertiary/aromatic N) is 2. The molecule has 3 saturated carbocycles. The highest BCUT2D eigenvalue weighted by molar-refractivity contribution is 5.88. The van der Waals surface area contributed by atoms with Gasteiger partial charge >= 0.3 is 0 Å². The van der Waals surface area contributed by atoms with Crippen LogP contribution in [0.1, 0.15) is 44.9 Å². The number of oxime groups is 1. The van der Waals surface area contributed by atoms with E-state index in [9.17, 15) is 4.79 Å². The van der Waals surface area contributed by atoms with Crippen molar-refractivity contribution in [2.45, 2.75) is 51.0 Å². The van der Waals surface area contributed by atoms with Gasteiger partial charge in [0, 0.05) is 12.0 Å². The van der Waals surface area contributed by atoms with Crippen LogP contribution in [0.4, 0.5) is 0 Å². The Bertz CT molecular complexity index is 380. The second-order valence-electron chi connectivity index (χ2n) is 6.42. The average Bonchev–Trinajstić information content (AvgIpc) is 2.88. The summed E-state index contributed by atoms with van der Waals surface area (Å²) in [5.41, 5.74) is 5.62. The lowest BCUT2D eigenvalue weighted by Crippen LogP contribution is -2.46. The third-order valence-electron chi connectivity index (χ3n) is 5.10. The Balaban J connectivity index is 1.67. The molecule has 3 fully saturated rings. The van der Waals surface area contributed by atoms with E-state index in [4.69, 9.17) is 10.9 Å². The average molecular weight is 265 g/mol. The lowest BCUT2D eigenvalue weighted by molar-refractivity contribution is -0.137. The highest BCUT2D eigenvalue weighted by atomic mass is 16.4. The molecule has 3 N–H and O–H groups in total. The van der Waals surface area contributed by atoms with Crippen LogP contribution in [-0.2, 0) is 4.79 Å². The number of rotatable bonds is 4. The third-order valence-corrected chi connectivity index (χ3v) is 5.10. The molecule has 3 aliphatic rings. The Labute approximate surface area is 113 Å². The van der Waals surface area contributed by atoms with Crippen LogP contribution in [-0.4, -0.2) is 34.4 Å². The van der Waals surface area contributed by atoms with Crippen LogP contribution in [0, 0.1) is 17.8 Å². The van der Waals surface area contributed by atoms with Gasteiger partial charge in [-0.2, -0.15) is 0 Å². The van der Waals surface area contributed by atoms with Gasteiger partial charge in [0.25, 0.3) is 0 Å². The normalized spacial score (nSPS) is 34.3. The monoisotopic (exact) mass is 265 g/mol. The summed E-state index contributed by atoms with van der Waals surface area (Å²) in [4.78, 5) is 14.6. The second-order valence-corrected chi connectivity index (χ2v) is 6.42. The SMILES string of the molecule is NC(CN(C(=O)C1CC2CC2C1)C1CCCC1)=NO. The van der Waals surface area contributed by atoms with Crippen molar-refractivity contribution in [2.75, 3.05) is 6.54 Å². The van der Waals surface area contributed by atoms with Crippen molar-refractivity contribution in [3.8, 4) is 0 Å². The molecular weight excluding hydrogens is 242 g/mol. The zero-order valence-electron chi connectivity index (χ0n) is 11.3. The van der Waals surface area contributed by atoms with Crippen LogP contribution in [0.2, 0.25) is 0 Å². The minimum absolute atomic E-state index is 0.142. The van der Waals surface area contributed by atoms with Gasteiger partial charge in [-0.3, -0.25) is 4.79 Å². The van der Waals surface area contributed by atoms with Crippen molar-refractivity contribution in [3.05, 3.63) is 0 Å². The summed E-state index contributed by atoms with van der Waals surface area (Å²) in [6.45, 7) is 0.284. The standard InChI is InChI=1S/C14H23N3O2/c15-13(16-19)8-17(12-3-1-2-4-12)14(18)11-6-9-5-10(9)7-11/h9-12,19H,1-8H2,(H2,15,16). The second kappa shape index (κ2) is 5.02. The van der Waals surface area contributed by atoms with Gasteiger partial charge in [0.15, 0.2) is 5.84 Å². The van der Waals surface area contributed by atoms with E-state index in [1.165, 1.54) is 19.3 Å². The molecule has 0 radical (unpaired) electrons. The molecule has 0 bridgehead atoms. The first-order valence-electron chi connectivity index (χ1n) is 7.46. The van der Waals surface area contributed by atoms with Crippen molar-refractivity contribution in [3.63, 3.8) is 0 Å². The van der Waals surface area contributed by atoms with E-state index in [1.807, 2.05) is 4.90 Å². The Morgan fingerprint density at radius 3 is 2.42 bits per heavy atom. The highest BCUT2D eigenvalue weighted by Crippen LogP contribution is 2.54. The smallest absolute Gasteiger partial charge is 0.226 e. The molecule has 2 unspecified atom stereocenters. The molecule has 3 rings (SSSR count). The summed E-state index contributed by atoms with van der Waals surface area (Å²) in [6, 6.07) is 0.296. The number of nitrogens with two attached hydrogens (primary N) is 1. The zero-order chi connectivity index (χ0) is 13.4. The number of amides is 1. The molecule has 5 heteroatoms. The summed E-state index contributed by atoms with van der Waals surface area (Å²) < 4.78 is 0. The van der Waals surface area contributed by atoms with Crippen LogP contribution < -0.4 is 5.73 Å². The largest absolute Gasteiger partial charge is 0.409 e. The van der Waals surface area contributed by atoms with E-state index in [-0.39, 0.29) is 24.2 Å². The maximum atomic E-state index is 12.7. The molecule has 0 spiro atoms. The molecule has 0 heterocycles. The van der Waals surface area contributed by atoms with Gasteiger partial charge in [0.05, 0.1) is 6.54 Å². The number of fused-ring (bicyclic) bond motifs is 1. The van der Waals surface area contributed by atoms with Crippen LogP contribution in [0.15, 0.2) is 5.16 Å². The topological polar surface area (TPSA) is 78.9 Å². The Hall–Kier alpha value is -1.26. The fourth-order valence-electron chi connectivity index (χ4n) is 3.96. The molecule has 1 amide bonds. The maximum Gasteiger partial charge on any atom is 0.226 e. The van der Waals surface area contributed by atoms with Gasteiger partial charge in [-0.05, 0) is 43.9 Å². The third kappa shape index (κ3) is 2.55. The predicted molar refractivity (Wildman–Crippen MR) is 71.7 cm³/mol. The Morgan fingerprint density at radius 2 is 1.84 bits per heavy atom. The van der Waals surface area contributed by atoms with Crippen LogP contribution in [0.5, 0.6) is 0 Å². The van der Waals surface area contributed by atoms with E-state index < -0.39 is 0 Å². The van der Waals surface area contributed by atoms with E-state index in [0.717, 1.165) is 37.5 Å². The molecular formula is C14H23N3O2. The quantitative estimate of drug-likeness (QED) is 0.350. The van der Waals surface area contributed by atoms with Crippen LogP contribution in [0.25, 0.3) is 0 Å². The molecule has 0 saturated heterocycles. The lowest BCUT2D eigenvalue weighted by atomic mass is 10.0. The number of hydrogen-bond acceptors (Lipinski definition) is 3. The van der Waals surface area contributed by atoms with Crippen molar-refractivity contribution in [1.82, 2.24) is 4.90 Å². The fraction of sp³-hybridized carbons (Fsp3) is 0.857. The van der Waals surface area contributed by atoms with E-state index >= 15 is 0 Å². The predicted octanol–water partition coefficient (Wildman–Crippen LogP) is 1.55. The minimum Gasteiger partial charge on any atom is -0.409 e. The van der Waals surface area contributed by atoms with Crippen molar-refractivity contribution >= 4 is 11.7 Å². The van der Waals surface area contributed by atoms with E-state index in [2.05, 4.69) is 5.16 Å². The maximum absolute atomic E-state index is 12.7. The van der Waals surface area contributed by atoms with Gasteiger partial charge in [0.1, 0.15) is 0 Å². The van der Waals surface area contributed by atoms with E-state index in [0.29, 0.717) is 6.04 Å². The number of carbonyl (C=O) groups is 1. The van der Waals surface area contributed by atoms with Crippen molar-refractivity contribution < 1.29 is 10.0 Å². The van der Waals surface area contributed by atoms with Gasteiger partial charge in [-0.1, -0.05) is 18.0 Å². The number of amidine groups is 1. The first-order chi connectivity index (χ1) is 9.19. The highest BCUT2D eigenvalue weighted by Gasteiger charge is 2.49. The van der Waals surface area contributed by atoms with Gasteiger partial charge in [-0.15, -0.1) is 0 Å². The molecule has 0 aliphatic heterocycles. The molecule has 19 heavy (non-hydrogen) atoms.